The van der Waals surface area contributed by atoms with Crippen LogP contribution in [0.3, 0.4) is 0 Å². The Labute approximate surface area is 179 Å². The van der Waals surface area contributed by atoms with Crippen molar-refractivity contribution in [1.82, 2.24) is 0 Å². The Kier molecular flexibility index (Phi) is 7.47. The van der Waals surface area contributed by atoms with Crippen LogP contribution in [-0.2, 0) is 17.8 Å². The maximum Gasteiger partial charge on any atom is 0.229 e. The largest absolute Gasteiger partial charge is 0.494 e. The minimum Gasteiger partial charge on any atom is -0.494 e. The number of methoxy groups -OCH3 is 1. The lowest BCUT2D eigenvalue weighted by atomic mass is 9.96. The van der Waals surface area contributed by atoms with E-state index in [1.165, 1.54) is 26.2 Å². The Morgan fingerprint density at radius 2 is 1.71 bits per heavy atom. The fraction of sp³-hybridized carbons (Fsp3) is 0.455. The summed E-state index contributed by atoms with van der Waals surface area (Å²) in [5.41, 5.74) is 1.76. The first-order chi connectivity index (χ1) is 14.7. The molecule has 0 unspecified atom stereocenters. The highest BCUT2D eigenvalue weighted by Gasteiger charge is 2.46. The van der Waals surface area contributed by atoms with Crippen LogP contribution in [0.5, 0.6) is 11.5 Å². The van der Waals surface area contributed by atoms with Crippen LogP contribution >= 0.6 is 0 Å². The van der Waals surface area contributed by atoms with Crippen LogP contribution in [0.1, 0.15) is 23.6 Å². The molecule has 1 heterocycles. The smallest absolute Gasteiger partial charge is 0.229 e. The van der Waals surface area contributed by atoms with Crippen molar-refractivity contribution >= 4 is 0 Å². The van der Waals surface area contributed by atoms with E-state index >= 15 is 0 Å². The lowest BCUT2D eigenvalue weighted by Crippen LogP contribution is -2.61. The molecule has 5 N–H and O–H groups in total. The number of aliphatic hydroxyl groups is 5. The number of benzene rings is 2. The first-order valence-corrected chi connectivity index (χ1v) is 9.84. The van der Waals surface area contributed by atoms with Crippen molar-refractivity contribution in [2.45, 2.75) is 56.8 Å². The zero-order valence-electron chi connectivity index (χ0n) is 17.2. The lowest BCUT2D eigenvalue weighted by Gasteiger charge is -2.41. The summed E-state index contributed by atoms with van der Waals surface area (Å²) < 4.78 is 30.3. The van der Waals surface area contributed by atoms with E-state index in [1.54, 1.807) is 24.3 Å². The van der Waals surface area contributed by atoms with Gasteiger partial charge in [-0.05, 0) is 41.8 Å². The monoisotopic (exact) mass is 438 g/mol. The van der Waals surface area contributed by atoms with Gasteiger partial charge in [-0.25, -0.2) is 4.39 Å². The Bertz CT molecular complexity index is 890. The van der Waals surface area contributed by atoms with Gasteiger partial charge >= 0.3 is 0 Å². The van der Waals surface area contributed by atoms with E-state index in [0.717, 1.165) is 0 Å². The van der Waals surface area contributed by atoms with Crippen LogP contribution in [0.2, 0.25) is 0 Å². The molecule has 0 spiro atoms. The van der Waals surface area contributed by atoms with Gasteiger partial charge in [0.15, 0.2) is 11.6 Å². The summed E-state index contributed by atoms with van der Waals surface area (Å²) in [5, 5.41) is 49.8. The number of hydrogen-bond acceptors (Lipinski definition) is 8. The van der Waals surface area contributed by atoms with Gasteiger partial charge in [-0.2, -0.15) is 0 Å². The highest BCUT2D eigenvalue weighted by atomic mass is 19.1. The van der Waals surface area contributed by atoms with E-state index in [1.807, 2.05) is 0 Å². The van der Waals surface area contributed by atoms with Gasteiger partial charge in [-0.15, -0.1) is 0 Å². The van der Waals surface area contributed by atoms with Crippen LogP contribution in [0.4, 0.5) is 4.39 Å². The number of rotatable bonds is 7. The molecule has 2 aromatic carbocycles. The molecule has 31 heavy (non-hydrogen) atoms. The molecule has 2 aromatic rings. The molecule has 1 aliphatic heterocycles. The molecular formula is C22H27FO8. The number of halogens is 1. The molecule has 0 aliphatic carbocycles. The third-order valence-corrected chi connectivity index (χ3v) is 5.25. The van der Waals surface area contributed by atoms with Crippen LogP contribution < -0.4 is 9.47 Å². The Morgan fingerprint density at radius 1 is 1.00 bits per heavy atom. The van der Waals surface area contributed by atoms with Crippen molar-refractivity contribution in [2.75, 3.05) is 7.11 Å². The van der Waals surface area contributed by atoms with E-state index in [0.29, 0.717) is 16.7 Å². The van der Waals surface area contributed by atoms with E-state index < -0.39 is 42.6 Å². The second-order valence-electron chi connectivity index (χ2n) is 7.55. The lowest BCUT2D eigenvalue weighted by molar-refractivity contribution is -0.286. The molecular weight excluding hydrogens is 411 g/mol. The second kappa shape index (κ2) is 9.90. The summed E-state index contributed by atoms with van der Waals surface area (Å²) in [7, 11) is 1.37. The fourth-order valence-electron chi connectivity index (χ4n) is 3.49. The SMILES string of the molecule is COc1ccc(Cc2ccc(CO)cc2O[C@@H]2O[C@H]([C@@H](C)O)[C@@H](O)[C@H](O)[C@H]2O)cc1F. The first kappa shape index (κ1) is 23.4. The third-order valence-electron chi connectivity index (χ3n) is 5.25. The van der Waals surface area contributed by atoms with Gasteiger partial charge in [0.25, 0.3) is 0 Å². The molecule has 1 aliphatic rings. The van der Waals surface area contributed by atoms with Crippen LogP contribution in [-0.4, -0.2) is 69.5 Å². The molecule has 1 fully saturated rings. The van der Waals surface area contributed by atoms with E-state index in [9.17, 15) is 29.9 Å². The second-order valence-corrected chi connectivity index (χ2v) is 7.55. The minimum absolute atomic E-state index is 0.117. The highest BCUT2D eigenvalue weighted by Crippen LogP contribution is 2.30. The molecule has 170 valence electrons. The van der Waals surface area contributed by atoms with Gasteiger partial charge in [0.2, 0.25) is 6.29 Å². The maximum absolute atomic E-state index is 14.1. The summed E-state index contributed by atoms with van der Waals surface area (Å²) in [6.07, 6.45) is -8.13. The molecule has 6 atom stereocenters. The molecule has 0 aromatic heterocycles. The summed E-state index contributed by atoms with van der Waals surface area (Å²) in [5.74, 6) is -0.164. The van der Waals surface area contributed by atoms with Crippen LogP contribution in [0, 0.1) is 5.82 Å². The highest BCUT2D eigenvalue weighted by molar-refractivity contribution is 5.42. The maximum atomic E-state index is 14.1. The van der Waals surface area contributed by atoms with E-state index in [4.69, 9.17) is 14.2 Å². The van der Waals surface area contributed by atoms with Crippen molar-refractivity contribution in [2.24, 2.45) is 0 Å². The quantitative estimate of drug-likeness (QED) is 0.422. The summed E-state index contributed by atoms with van der Waals surface area (Å²) in [6, 6.07) is 9.44. The van der Waals surface area contributed by atoms with Crippen molar-refractivity contribution < 1.29 is 44.1 Å². The molecule has 0 radical (unpaired) electrons. The number of ether oxygens (including phenoxy) is 3. The normalized spacial score (nSPS) is 27.0. The third kappa shape index (κ3) is 5.15. The zero-order valence-corrected chi connectivity index (χ0v) is 17.2. The van der Waals surface area contributed by atoms with Gasteiger partial charge in [0.05, 0.1) is 19.8 Å². The van der Waals surface area contributed by atoms with Crippen molar-refractivity contribution in [3.63, 3.8) is 0 Å². The average molecular weight is 438 g/mol. The van der Waals surface area contributed by atoms with Crippen LogP contribution in [0.15, 0.2) is 36.4 Å². The number of aliphatic hydroxyl groups excluding tert-OH is 5. The van der Waals surface area contributed by atoms with Gasteiger partial charge < -0.3 is 39.7 Å². The van der Waals surface area contributed by atoms with Crippen molar-refractivity contribution in [3.05, 3.63) is 58.9 Å². The predicted octanol–water partition coefficient (Wildman–Crippen LogP) is 0.485. The predicted molar refractivity (Wildman–Crippen MR) is 107 cm³/mol. The van der Waals surface area contributed by atoms with Gasteiger partial charge in [-0.3, -0.25) is 0 Å². The molecule has 0 saturated carbocycles. The van der Waals surface area contributed by atoms with Gasteiger partial charge in [0, 0.05) is 6.42 Å². The van der Waals surface area contributed by atoms with Gasteiger partial charge in [-0.1, -0.05) is 18.2 Å². The van der Waals surface area contributed by atoms with Crippen LogP contribution in [0.25, 0.3) is 0 Å². The topological polar surface area (TPSA) is 129 Å². The number of hydrogen-bond donors (Lipinski definition) is 5. The molecule has 8 nitrogen and oxygen atoms in total. The van der Waals surface area contributed by atoms with E-state index in [-0.39, 0.29) is 24.5 Å². The summed E-state index contributed by atoms with van der Waals surface area (Å²) >= 11 is 0. The first-order valence-electron chi connectivity index (χ1n) is 9.84. The molecule has 3 rings (SSSR count). The minimum atomic E-state index is -1.60. The average Bonchev–Trinajstić information content (AvgIpc) is 2.75. The molecule has 1 saturated heterocycles. The molecule has 9 heteroatoms. The Hall–Kier alpha value is -2.27. The van der Waals surface area contributed by atoms with Crippen molar-refractivity contribution in [3.8, 4) is 11.5 Å². The summed E-state index contributed by atoms with van der Waals surface area (Å²) in [6.45, 7) is 1.12. The Balaban J connectivity index is 1.88. The van der Waals surface area contributed by atoms with Gasteiger partial charge in [0.1, 0.15) is 30.2 Å². The zero-order chi connectivity index (χ0) is 22.7. The van der Waals surface area contributed by atoms with E-state index in [2.05, 4.69) is 0 Å². The molecule has 0 amide bonds. The van der Waals surface area contributed by atoms with Crippen molar-refractivity contribution in [1.29, 1.82) is 0 Å². The standard InChI is InChI=1S/C22H27FO8/c1-11(25)21-19(27)18(26)20(28)22(31-21)30-17-9-13(10-24)3-5-14(17)7-12-4-6-16(29-2)15(23)8-12/h3-6,8-9,11,18-22,24-28H,7,10H2,1-2H3/t11-,18+,19+,20-,21-,22-/m1/s1. The fourth-order valence-corrected chi connectivity index (χ4v) is 3.49. The summed E-state index contributed by atoms with van der Waals surface area (Å²) in [4.78, 5) is 0. The Morgan fingerprint density at radius 3 is 2.32 bits per heavy atom. The molecule has 0 bridgehead atoms.